The lowest BCUT2D eigenvalue weighted by Gasteiger charge is -2.17. The molecule has 0 bridgehead atoms. The molecule has 0 fully saturated rings. The summed E-state index contributed by atoms with van der Waals surface area (Å²) in [6.07, 6.45) is 6.82. The number of benzene rings is 3. The molecule has 0 unspecified atom stereocenters. The molecule has 0 saturated carbocycles. The fourth-order valence-corrected chi connectivity index (χ4v) is 8.69. The maximum absolute atomic E-state index is 11.6. The van der Waals surface area contributed by atoms with Crippen LogP contribution in [0, 0.1) is 11.3 Å². The van der Waals surface area contributed by atoms with Crippen LogP contribution in [0.1, 0.15) is 43.0 Å². The SMILES string of the molecule is CCCCCCc1cc(C=C(C#N)C(=O)O)sc1-c1sc(-c2ccc(-n3c4ccccc4c4ccccc43)cc2)c2c1OCCO2. The summed E-state index contributed by atoms with van der Waals surface area (Å²) in [5.74, 6) is 0.268. The van der Waals surface area contributed by atoms with E-state index in [-0.39, 0.29) is 5.57 Å². The number of hydrogen-bond acceptors (Lipinski definition) is 6. The third-order valence-corrected chi connectivity index (χ3v) is 10.8. The van der Waals surface area contributed by atoms with Crippen molar-refractivity contribution in [3.05, 3.63) is 94.9 Å². The molecule has 3 aromatic heterocycles. The van der Waals surface area contributed by atoms with Crippen LogP contribution >= 0.6 is 22.7 Å². The molecule has 7 rings (SSSR count). The Morgan fingerprint density at radius 1 is 0.870 bits per heavy atom. The number of nitriles is 1. The number of rotatable bonds is 10. The van der Waals surface area contributed by atoms with Crippen molar-refractivity contribution in [1.82, 2.24) is 4.57 Å². The van der Waals surface area contributed by atoms with Gasteiger partial charge < -0.3 is 19.1 Å². The minimum absolute atomic E-state index is 0.276. The number of carboxylic acids is 1. The molecule has 230 valence electrons. The van der Waals surface area contributed by atoms with E-state index in [1.54, 1.807) is 11.3 Å². The van der Waals surface area contributed by atoms with Crippen molar-refractivity contribution >= 4 is 56.5 Å². The highest BCUT2D eigenvalue weighted by atomic mass is 32.1. The Morgan fingerprint density at radius 2 is 1.52 bits per heavy atom. The van der Waals surface area contributed by atoms with Crippen LogP contribution in [0.4, 0.5) is 0 Å². The van der Waals surface area contributed by atoms with Crippen LogP contribution in [0.15, 0.2) is 84.4 Å². The van der Waals surface area contributed by atoms with E-state index >= 15 is 0 Å². The Hall–Kier alpha value is -4.84. The highest BCUT2D eigenvalue weighted by Crippen LogP contribution is 2.55. The van der Waals surface area contributed by atoms with Crippen molar-refractivity contribution < 1.29 is 19.4 Å². The first-order valence-electron chi connectivity index (χ1n) is 15.6. The summed E-state index contributed by atoms with van der Waals surface area (Å²) < 4.78 is 14.8. The molecule has 6 aromatic rings. The van der Waals surface area contributed by atoms with Crippen molar-refractivity contribution in [1.29, 1.82) is 5.26 Å². The highest BCUT2D eigenvalue weighted by Gasteiger charge is 2.29. The third-order valence-electron chi connectivity index (χ3n) is 8.34. The summed E-state index contributed by atoms with van der Waals surface area (Å²) in [6.45, 7) is 3.13. The maximum atomic E-state index is 11.6. The number of hydrogen-bond donors (Lipinski definition) is 1. The molecule has 4 heterocycles. The molecule has 0 atom stereocenters. The van der Waals surface area contributed by atoms with E-state index in [4.69, 9.17) is 9.47 Å². The Kier molecular flexibility index (Phi) is 8.35. The van der Waals surface area contributed by atoms with Crippen molar-refractivity contribution in [3.8, 4) is 43.5 Å². The summed E-state index contributed by atoms with van der Waals surface area (Å²) in [4.78, 5) is 15.4. The molecule has 0 saturated heterocycles. The molecule has 46 heavy (non-hydrogen) atoms. The van der Waals surface area contributed by atoms with E-state index in [1.807, 2.05) is 12.1 Å². The van der Waals surface area contributed by atoms with Gasteiger partial charge in [0, 0.05) is 21.3 Å². The fourth-order valence-electron chi connectivity index (χ4n) is 6.18. The monoisotopic (exact) mass is 644 g/mol. The zero-order valence-corrected chi connectivity index (χ0v) is 27.0. The van der Waals surface area contributed by atoms with Gasteiger partial charge in [0.1, 0.15) is 24.9 Å². The summed E-state index contributed by atoms with van der Waals surface area (Å²) in [7, 11) is 0. The van der Waals surface area contributed by atoms with Gasteiger partial charge in [0.05, 0.1) is 25.7 Å². The lowest BCUT2D eigenvalue weighted by molar-refractivity contribution is -0.132. The van der Waals surface area contributed by atoms with Crippen LogP contribution in [0.2, 0.25) is 0 Å². The Bertz CT molecular complexity index is 2090. The Balaban J connectivity index is 1.30. The molecule has 0 aliphatic carbocycles. The van der Waals surface area contributed by atoms with Crippen LogP contribution < -0.4 is 9.47 Å². The van der Waals surface area contributed by atoms with E-state index in [2.05, 4.69) is 84.3 Å². The molecule has 0 spiro atoms. The minimum atomic E-state index is -1.22. The maximum Gasteiger partial charge on any atom is 0.346 e. The molecule has 0 amide bonds. The minimum Gasteiger partial charge on any atom is -0.485 e. The topological polar surface area (TPSA) is 84.5 Å². The quantitative estimate of drug-likeness (QED) is 0.0911. The highest BCUT2D eigenvalue weighted by molar-refractivity contribution is 7.25. The van der Waals surface area contributed by atoms with Crippen molar-refractivity contribution in [2.75, 3.05) is 13.2 Å². The smallest absolute Gasteiger partial charge is 0.346 e. The van der Waals surface area contributed by atoms with Gasteiger partial charge in [0.2, 0.25) is 0 Å². The lowest BCUT2D eigenvalue weighted by atomic mass is 10.1. The van der Waals surface area contributed by atoms with E-state index in [0.717, 1.165) is 73.5 Å². The number of fused-ring (bicyclic) bond motifs is 4. The summed E-state index contributed by atoms with van der Waals surface area (Å²) in [5, 5.41) is 21.3. The van der Waals surface area contributed by atoms with Crippen LogP contribution in [0.25, 0.3) is 53.8 Å². The normalized spacial score (nSPS) is 12.9. The molecule has 1 aliphatic rings. The predicted molar refractivity (Wildman–Crippen MR) is 187 cm³/mol. The first kappa shape index (κ1) is 29.8. The molecular formula is C38H32N2O4S2. The number of aliphatic carboxylic acids is 1. The van der Waals surface area contributed by atoms with Crippen molar-refractivity contribution in [3.63, 3.8) is 0 Å². The molecular weight excluding hydrogens is 613 g/mol. The first-order valence-corrected chi connectivity index (χ1v) is 17.2. The zero-order valence-electron chi connectivity index (χ0n) is 25.4. The summed E-state index contributed by atoms with van der Waals surface area (Å²) >= 11 is 3.15. The van der Waals surface area contributed by atoms with Gasteiger partial charge in [0.25, 0.3) is 0 Å². The Morgan fingerprint density at radius 3 is 2.15 bits per heavy atom. The number of aryl methyl sites for hydroxylation is 1. The second-order valence-corrected chi connectivity index (χ2v) is 13.4. The van der Waals surface area contributed by atoms with Crippen LogP contribution in [0.3, 0.4) is 0 Å². The van der Waals surface area contributed by atoms with Gasteiger partial charge in [0.15, 0.2) is 11.5 Å². The number of thiophene rings is 2. The first-order chi connectivity index (χ1) is 22.6. The van der Waals surface area contributed by atoms with Gasteiger partial charge in [-0.2, -0.15) is 5.26 Å². The number of carbonyl (C=O) groups is 1. The van der Waals surface area contributed by atoms with Crippen molar-refractivity contribution in [2.24, 2.45) is 0 Å². The average molecular weight is 645 g/mol. The van der Waals surface area contributed by atoms with Gasteiger partial charge in [-0.3, -0.25) is 0 Å². The van der Waals surface area contributed by atoms with Crippen LogP contribution in [-0.2, 0) is 11.2 Å². The molecule has 3 aromatic carbocycles. The largest absolute Gasteiger partial charge is 0.485 e. The molecule has 1 aliphatic heterocycles. The fraction of sp³-hybridized carbons (Fsp3) is 0.211. The molecule has 1 N–H and O–H groups in total. The molecule has 0 radical (unpaired) electrons. The average Bonchev–Trinajstić information content (AvgIpc) is 3.77. The van der Waals surface area contributed by atoms with Gasteiger partial charge in [-0.15, -0.1) is 22.7 Å². The van der Waals surface area contributed by atoms with E-state index < -0.39 is 5.97 Å². The van der Waals surface area contributed by atoms with Crippen LogP contribution in [-0.4, -0.2) is 28.9 Å². The lowest BCUT2D eigenvalue weighted by Crippen LogP contribution is -2.14. The second-order valence-electron chi connectivity index (χ2n) is 11.3. The van der Waals surface area contributed by atoms with E-state index in [1.165, 1.54) is 45.6 Å². The molecule has 8 heteroatoms. The number of nitrogens with zero attached hydrogens (tertiary/aromatic N) is 2. The number of aromatic nitrogens is 1. The van der Waals surface area contributed by atoms with E-state index in [9.17, 15) is 15.2 Å². The molecule has 6 nitrogen and oxygen atoms in total. The van der Waals surface area contributed by atoms with Gasteiger partial charge in [-0.1, -0.05) is 74.7 Å². The predicted octanol–water partition coefficient (Wildman–Crippen LogP) is 10.1. The third kappa shape index (κ3) is 5.46. The van der Waals surface area contributed by atoms with Gasteiger partial charge in [-0.25, -0.2) is 4.79 Å². The van der Waals surface area contributed by atoms with Crippen LogP contribution in [0.5, 0.6) is 11.5 Å². The number of ether oxygens (including phenoxy) is 2. The summed E-state index contributed by atoms with van der Waals surface area (Å²) in [5.41, 5.74) is 5.32. The van der Waals surface area contributed by atoms with E-state index in [0.29, 0.717) is 13.2 Å². The summed E-state index contributed by atoms with van der Waals surface area (Å²) in [6, 6.07) is 29.4. The second kappa shape index (κ2) is 12.9. The van der Waals surface area contributed by atoms with Gasteiger partial charge in [-0.05, 0) is 60.4 Å². The Labute approximate surface area is 275 Å². The standard InChI is InChI=1S/C38H32N2O4S2/c1-2-3-4-5-10-25-21-28(22-26(23-39)38(41)42)45-36(25)37-34-33(43-19-20-44-34)35(46-37)24-15-17-27(18-16-24)40-31-13-8-6-11-29(31)30-12-7-9-14-32(30)40/h6-9,11-18,21-22H,2-5,10,19-20H2,1H3,(H,41,42). The number of unbranched alkanes of at least 4 members (excludes halogenated alkanes) is 3. The number of carboxylic acid groups (broad SMARTS) is 1. The zero-order chi connectivity index (χ0) is 31.6. The number of para-hydroxylation sites is 2. The van der Waals surface area contributed by atoms with Crippen molar-refractivity contribution in [2.45, 2.75) is 39.0 Å². The van der Waals surface area contributed by atoms with Gasteiger partial charge >= 0.3 is 5.97 Å².